The minimum absolute atomic E-state index is 0.0190. The Bertz CT molecular complexity index is 844. The monoisotopic (exact) mass is 442 g/mol. The summed E-state index contributed by atoms with van der Waals surface area (Å²) in [5, 5.41) is 17.0. The molecule has 0 spiro atoms. The molecule has 1 rings (SSSR count). The van der Waals surface area contributed by atoms with Crippen LogP contribution >= 0.6 is 24.3 Å². The zero-order valence-corrected chi connectivity index (χ0v) is 16.0. The van der Waals surface area contributed by atoms with Crippen LogP contribution in [0.2, 0.25) is 0 Å². The minimum Gasteiger partial charge on any atom is -0.566 e. The second-order valence-corrected chi connectivity index (χ2v) is 7.96. The zero-order valence-electron chi connectivity index (χ0n) is 13.3. The fourth-order valence-electron chi connectivity index (χ4n) is 1.59. The summed E-state index contributed by atoms with van der Waals surface area (Å²) in [6.07, 6.45) is 0. The fourth-order valence-corrected chi connectivity index (χ4v) is 3.86. The standard InChI is InChI=1S/C9H10N5O10P3/c1-6(5-22-26(19)24-27(20,21)23-25(17)18)11-8-3-2-7(12-13-10)4-9(8)14(15)16/h2-4,6,11H,5H2,1H3/p+1. The number of hydrogen-bond acceptors (Lipinski definition) is 11. The Morgan fingerprint density at radius 2 is 2.15 bits per heavy atom. The van der Waals surface area contributed by atoms with E-state index in [2.05, 4.69) is 28.5 Å². The third-order valence-electron chi connectivity index (χ3n) is 2.51. The van der Waals surface area contributed by atoms with E-state index in [9.17, 15) is 28.7 Å². The quantitative estimate of drug-likeness (QED) is 0.126. The van der Waals surface area contributed by atoms with Gasteiger partial charge in [-0.25, -0.2) is 4.57 Å². The van der Waals surface area contributed by atoms with Crippen LogP contribution in [0.25, 0.3) is 10.4 Å². The molecule has 1 aromatic rings. The molecular weight excluding hydrogens is 431 g/mol. The average Bonchev–Trinajstić information content (AvgIpc) is 2.52. The molecule has 15 nitrogen and oxygen atoms in total. The lowest BCUT2D eigenvalue weighted by Gasteiger charge is -2.12. The van der Waals surface area contributed by atoms with Crippen molar-refractivity contribution in [1.82, 2.24) is 0 Å². The normalized spacial score (nSPS) is 15.1. The van der Waals surface area contributed by atoms with Crippen molar-refractivity contribution in [3.8, 4) is 0 Å². The summed E-state index contributed by atoms with van der Waals surface area (Å²) >= 11 is 0. The van der Waals surface area contributed by atoms with Gasteiger partial charge in [-0.15, -0.1) is 4.52 Å². The average molecular weight is 442 g/mol. The number of benzene rings is 1. The van der Waals surface area contributed by atoms with E-state index >= 15 is 0 Å². The highest BCUT2D eigenvalue weighted by Crippen LogP contribution is 2.56. The van der Waals surface area contributed by atoms with Gasteiger partial charge < -0.3 is 10.2 Å². The summed E-state index contributed by atoms with van der Waals surface area (Å²) in [5.74, 6) is 0. The molecule has 0 saturated heterocycles. The number of nitro groups is 1. The molecular formula is C9H11N5O10P3+. The second kappa shape index (κ2) is 10.3. The van der Waals surface area contributed by atoms with Gasteiger partial charge in [-0.3, -0.25) is 15.0 Å². The van der Waals surface area contributed by atoms with Crippen molar-refractivity contribution in [2.75, 3.05) is 11.9 Å². The molecule has 1 aromatic carbocycles. The number of rotatable bonds is 11. The van der Waals surface area contributed by atoms with E-state index in [0.29, 0.717) is 0 Å². The van der Waals surface area contributed by atoms with Gasteiger partial charge in [0.2, 0.25) is 0 Å². The van der Waals surface area contributed by atoms with Crippen LogP contribution in [-0.2, 0) is 26.8 Å². The van der Waals surface area contributed by atoms with Gasteiger partial charge in [0.05, 0.1) is 11.0 Å². The maximum atomic E-state index is 11.4. The van der Waals surface area contributed by atoms with Crippen molar-refractivity contribution >= 4 is 41.4 Å². The molecule has 146 valence electrons. The number of hydrogen-bond donors (Lipinski definition) is 2. The minimum atomic E-state index is -5.12. The number of nitro benzene ring substituents is 1. The Labute approximate surface area is 152 Å². The van der Waals surface area contributed by atoms with Crippen molar-refractivity contribution in [2.45, 2.75) is 13.0 Å². The summed E-state index contributed by atoms with van der Waals surface area (Å²) in [5.41, 5.74) is 8.00. The summed E-state index contributed by atoms with van der Waals surface area (Å²) in [4.78, 5) is 32.0. The molecule has 27 heavy (non-hydrogen) atoms. The molecule has 0 bridgehead atoms. The maximum absolute atomic E-state index is 11.4. The van der Waals surface area contributed by atoms with E-state index in [1.54, 1.807) is 0 Å². The van der Waals surface area contributed by atoms with E-state index < -0.39 is 47.6 Å². The highest BCUT2D eigenvalue weighted by Gasteiger charge is 2.42. The van der Waals surface area contributed by atoms with E-state index in [1.807, 2.05) is 0 Å². The Morgan fingerprint density at radius 3 is 2.70 bits per heavy atom. The lowest BCUT2D eigenvalue weighted by molar-refractivity contribution is -0.383. The Hall–Kier alpha value is -2.04. The number of nitrogens with one attached hydrogen (secondary N) is 1. The van der Waals surface area contributed by atoms with Gasteiger partial charge in [-0.2, -0.15) is 0 Å². The van der Waals surface area contributed by atoms with Gasteiger partial charge in [0, 0.05) is 25.5 Å². The van der Waals surface area contributed by atoms with E-state index in [4.69, 9.17) is 10.4 Å². The highest BCUT2D eigenvalue weighted by atomic mass is 31.3. The topological polar surface area (TPSA) is 226 Å². The maximum Gasteiger partial charge on any atom is 0.708 e. The SMILES string of the molecule is CC(CO[P+](=O)OP(=O)(O)O[P+](=O)[O-])Nc1ccc(N=[N+]=[N-])cc1[N+](=O)[O-]. The summed E-state index contributed by atoms with van der Waals surface area (Å²) < 4.78 is 44.8. The van der Waals surface area contributed by atoms with Crippen LogP contribution in [0.5, 0.6) is 0 Å². The molecule has 4 unspecified atom stereocenters. The third kappa shape index (κ3) is 8.46. The van der Waals surface area contributed by atoms with Crippen molar-refractivity contribution < 1.29 is 41.6 Å². The summed E-state index contributed by atoms with van der Waals surface area (Å²) in [6.45, 7) is 1.06. The van der Waals surface area contributed by atoms with Crippen LogP contribution in [0.1, 0.15) is 6.92 Å². The fraction of sp³-hybridized carbons (Fsp3) is 0.333. The van der Waals surface area contributed by atoms with Crippen molar-refractivity contribution in [3.63, 3.8) is 0 Å². The molecule has 2 N–H and O–H groups in total. The van der Waals surface area contributed by atoms with Gasteiger partial charge in [0.15, 0.2) is 0 Å². The Morgan fingerprint density at radius 1 is 1.48 bits per heavy atom. The molecule has 0 aliphatic carbocycles. The summed E-state index contributed by atoms with van der Waals surface area (Å²) in [7, 11) is -12.1. The zero-order chi connectivity index (χ0) is 20.6. The third-order valence-corrected chi connectivity index (χ3v) is 5.59. The largest absolute Gasteiger partial charge is 0.708 e. The van der Waals surface area contributed by atoms with Gasteiger partial charge in [-0.05, 0) is 27.4 Å². The number of phosphoric acid groups is 1. The van der Waals surface area contributed by atoms with E-state index in [-0.39, 0.29) is 11.4 Å². The van der Waals surface area contributed by atoms with Gasteiger partial charge in [0.1, 0.15) is 12.3 Å². The Kier molecular flexibility index (Phi) is 8.80. The second-order valence-electron chi connectivity index (χ2n) is 4.57. The van der Waals surface area contributed by atoms with E-state index in [1.165, 1.54) is 19.1 Å². The van der Waals surface area contributed by atoms with Crippen LogP contribution < -0.4 is 10.2 Å². The number of azide groups is 1. The molecule has 0 aliphatic heterocycles. The highest BCUT2D eigenvalue weighted by molar-refractivity contribution is 7.60. The van der Waals surface area contributed by atoms with Crippen LogP contribution in [0, 0.1) is 10.1 Å². The van der Waals surface area contributed by atoms with Crippen LogP contribution in [0.4, 0.5) is 17.1 Å². The van der Waals surface area contributed by atoms with Gasteiger partial charge >= 0.3 is 24.3 Å². The number of nitrogens with zero attached hydrogens (tertiary/aromatic N) is 4. The number of anilines is 1. The summed E-state index contributed by atoms with van der Waals surface area (Å²) in [6, 6.07) is 2.92. The first-order valence-electron chi connectivity index (χ1n) is 6.61. The first kappa shape index (κ1) is 23.0. The molecule has 0 aromatic heterocycles. The van der Waals surface area contributed by atoms with Crippen molar-refractivity contribution in [3.05, 3.63) is 38.8 Å². The predicted molar refractivity (Wildman–Crippen MR) is 88.1 cm³/mol. The molecule has 0 amide bonds. The van der Waals surface area contributed by atoms with Gasteiger partial charge in [0.25, 0.3) is 5.69 Å². The first-order chi connectivity index (χ1) is 12.5. The smallest absolute Gasteiger partial charge is 0.566 e. The molecule has 0 heterocycles. The molecule has 4 atom stereocenters. The molecule has 18 heteroatoms. The molecule has 0 aliphatic rings. The van der Waals surface area contributed by atoms with E-state index in [0.717, 1.165) is 6.07 Å². The molecule has 0 fully saturated rings. The van der Waals surface area contributed by atoms with Gasteiger partial charge in [-0.1, -0.05) is 11.2 Å². The van der Waals surface area contributed by atoms with Crippen LogP contribution in [0.3, 0.4) is 0 Å². The van der Waals surface area contributed by atoms with Crippen LogP contribution in [-0.4, -0.2) is 22.5 Å². The first-order valence-corrected chi connectivity index (χ1v) is 10.3. The molecule has 0 radical (unpaired) electrons. The lowest BCUT2D eigenvalue weighted by atomic mass is 10.2. The lowest BCUT2D eigenvalue weighted by Crippen LogP contribution is -2.21. The predicted octanol–water partition coefficient (Wildman–Crippen LogP) is 3.16. The molecule has 0 saturated carbocycles. The Balaban J connectivity index is 2.69. The van der Waals surface area contributed by atoms with Crippen molar-refractivity contribution in [2.24, 2.45) is 5.11 Å². The van der Waals surface area contributed by atoms with Crippen LogP contribution in [0.15, 0.2) is 23.3 Å². The van der Waals surface area contributed by atoms with Crippen molar-refractivity contribution in [1.29, 1.82) is 0 Å².